The molecule has 0 spiro atoms. The van der Waals surface area contributed by atoms with Gasteiger partial charge in [0.2, 0.25) is 10.0 Å². The van der Waals surface area contributed by atoms with Crippen LogP contribution in [0.5, 0.6) is 0 Å². The first kappa shape index (κ1) is 19.2. The SMILES string of the molecule is CSc1ccc(NS(=O)(=O)c2ccc(S(=O)(=O)N3CCCC3)cc2)cc1. The number of nitrogens with zero attached hydrogens (tertiary/aromatic N) is 1. The van der Waals surface area contributed by atoms with Gasteiger partial charge in [-0.2, -0.15) is 4.31 Å². The van der Waals surface area contributed by atoms with E-state index in [0.29, 0.717) is 18.8 Å². The third-order valence-electron chi connectivity index (χ3n) is 4.18. The van der Waals surface area contributed by atoms with E-state index in [4.69, 9.17) is 0 Å². The molecule has 1 saturated heterocycles. The summed E-state index contributed by atoms with van der Waals surface area (Å²) in [5, 5.41) is 0. The van der Waals surface area contributed by atoms with Gasteiger partial charge in [-0.05, 0) is 67.6 Å². The van der Waals surface area contributed by atoms with Crippen molar-refractivity contribution in [3.63, 3.8) is 0 Å². The molecule has 1 aliphatic heterocycles. The zero-order valence-electron chi connectivity index (χ0n) is 14.3. The highest BCUT2D eigenvalue weighted by atomic mass is 32.2. The minimum Gasteiger partial charge on any atom is -0.280 e. The fourth-order valence-corrected chi connectivity index (χ4v) is 5.73. The van der Waals surface area contributed by atoms with Crippen LogP contribution in [-0.2, 0) is 20.0 Å². The molecule has 0 bridgehead atoms. The lowest BCUT2D eigenvalue weighted by atomic mass is 10.3. The molecule has 26 heavy (non-hydrogen) atoms. The highest BCUT2D eigenvalue weighted by Gasteiger charge is 2.27. The molecule has 9 heteroatoms. The van der Waals surface area contributed by atoms with Crippen molar-refractivity contribution in [3.8, 4) is 0 Å². The van der Waals surface area contributed by atoms with Crippen molar-refractivity contribution in [2.75, 3.05) is 24.1 Å². The van der Waals surface area contributed by atoms with Crippen LogP contribution < -0.4 is 4.72 Å². The van der Waals surface area contributed by atoms with Crippen LogP contribution in [0.4, 0.5) is 5.69 Å². The summed E-state index contributed by atoms with van der Waals surface area (Å²) in [5.41, 5.74) is 0.455. The highest BCUT2D eigenvalue weighted by molar-refractivity contribution is 7.98. The number of hydrogen-bond donors (Lipinski definition) is 1. The topological polar surface area (TPSA) is 83.5 Å². The number of hydrogen-bond acceptors (Lipinski definition) is 5. The Hall–Kier alpha value is -1.55. The smallest absolute Gasteiger partial charge is 0.261 e. The summed E-state index contributed by atoms with van der Waals surface area (Å²) < 4.78 is 53.9. The van der Waals surface area contributed by atoms with Crippen molar-refractivity contribution in [1.82, 2.24) is 4.31 Å². The Morgan fingerprint density at radius 3 is 1.92 bits per heavy atom. The van der Waals surface area contributed by atoms with Gasteiger partial charge in [0.1, 0.15) is 0 Å². The molecule has 6 nitrogen and oxygen atoms in total. The van der Waals surface area contributed by atoms with Gasteiger partial charge in [0.25, 0.3) is 10.0 Å². The Morgan fingerprint density at radius 2 is 1.38 bits per heavy atom. The van der Waals surface area contributed by atoms with E-state index < -0.39 is 20.0 Å². The van der Waals surface area contributed by atoms with Crippen LogP contribution in [0.25, 0.3) is 0 Å². The molecular weight excluding hydrogens is 392 g/mol. The maximum Gasteiger partial charge on any atom is 0.261 e. The molecule has 0 atom stereocenters. The molecular formula is C17H20N2O4S3. The molecule has 0 aromatic heterocycles. The van der Waals surface area contributed by atoms with E-state index in [1.807, 2.05) is 18.4 Å². The molecule has 0 aliphatic carbocycles. The molecule has 1 aliphatic rings. The van der Waals surface area contributed by atoms with Crippen molar-refractivity contribution in [2.24, 2.45) is 0 Å². The van der Waals surface area contributed by atoms with Crippen LogP contribution in [-0.4, -0.2) is 40.5 Å². The summed E-state index contributed by atoms with van der Waals surface area (Å²) in [4.78, 5) is 1.17. The fraction of sp³-hybridized carbons (Fsp3) is 0.294. The van der Waals surface area contributed by atoms with Crippen LogP contribution in [0.15, 0.2) is 63.2 Å². The third kappa shape index (κ3) is 4.06. The van der Waals surface area contributed by atoms with E-state index in [1.165, 1.54) is 28.6 Å². The van der Waals surface area contributed by atoms with Gasteiger partial charge in [0.15, 0.2) is 0 Å². The molecule has 3 rings (SSSR count). The molecule has 0 saturated carbocycles. The first-order chi connectivity index (χ1) is 12.3. The minimum atomic E-state index is -3.78. The molecule has 1 N–H and O–H groups in total. The van der Waals surface area contributed by atoms with Gasteiger partial charge in [-0.25, -0.2) is 16.8 Å². The summed E-state index contributed by atoms with van der Waals surface area (Å²) in [5.74, 6) is 0. The minimum absolute atomic E-state index is 0.0202. The zero-order chi connectivity index (χ0) is 18.8. The van der Waals surface area contributed by atoms with Gasteiger partial charge >= 0.3 is 0 Å². The second-order valence-electron chi connectivity index (χ2n) is 5.92. The van der Waals surface area contributed by atoms with Crippen molar-refractivity contribution in [2.45, 2.75) is 27.5 Å². The van der Waals surface area contributed by atoms with Gasteiger partial charge in [-0.1, -0.05) is 0 Å². The molecule has 1 heterocycles. The highest BCUT2D eigenvalue weighted by Crippen LogP contribution is 2.24. The largest absolute Gasteiger partial charge is 0.280 e. The van der Waals surface area contributed by atoms with Gasteiger partial charge < -0.3 is 0 Å². The van der Waals surface area contributed by atoms with Crippen LogP contribution in [0, 0.1) is 0 Å². The van der Waals surface area contributed by atoms with Crippen molar-refractivity contribution >= 4 is 37.5 Å². The van der Waals surface area contributed by atoms with Crippen molar-refractivity contribution < 1.29 is 16.8 Å². The Labute approximate surface area is 158 Å². The van der Waals surface area contributed by atoms with Crippen LogP contribution in [0.2, 0.25) is 0 Å². The van der Waals surface area contributed by atoms with E-state index in [1.54, 1.807) is 23.9 Å². The maximum atomic E-state index is 12.5. The van der Waals surface area contributed by atoms with E-state index in [2.05, 4.69) is 4.72 Å². The maximum absolute atomic E-state index is 12.5. The Balaban J connectivity index is 1.80. The van der Waals surface area contributed by atoms with Gasteiger partial charge in [-0.3, -0.25) is 4.72 Å². The summed E-state index contributed by atoms with van der Waals surface area (Å²) >= 11 is 1.57. The average Bonchev–Trinajstić information content (AvgIpc) is 3.18. The Morgan fingerprint density at radius 1 is 0.846 bits per heavy atom. The third-order valence-corrected chi connectivity index (χ3v) is 8.23. The fourth-order valence-electron chi connectivity index (χ4n) is 2.74. The normalized spacial score (nSPS) is 15.9. The molecule has 2 aromatic carbocycles. The molecule has 0 amide bonds. The van der Waals surface area contributed by atoms with Crippen LogP contribution in [0.1, 0.15) is 12.8 Å². The van der Waals surface area contributed by atoms with Crippen LogP contribution in [0.3, 0.4) is 0 Å². The lowest BCUT2D eigenvalue weighted by Crippen LogP contribution is -2.27. The second-order valence-corrected chi connectivity index (χ2v) is 10.4. The van der Waals surface area contributed by atoms with Gasteiger partial charge in [0.05, 0.1) is 9.79 Å². The predicted octanol–water partition coefficient (Wildman–Crippen LogP) is 2.99. The molecule has 0 unspecified atom stereocenters. The number of benzene rings is 2. The average molecular weight is 413 g/mol. The second kappa shape index (κ2) is 7.59. The molecule has 140 valence electrons. The summed E-state index contributed by atoms with van der Waals surface area (Å²) in [7, 11) is -7.33. The zero-order valence-corrected chi connectivity index (χ0v) is 16.7. The first-order valence-electron chi connectivity index (χ1n) is 8.10. The number of anilines is 1. The molecule has 2 aromatic rings. The number of sulfonamides is 2. The lowest BCUT2D eigenvalue weighted by Gasteiger charge is -2.15. The van der Waals surface area contributed by atoms with Crippen molar-refractivity contribution in [3.05, 3.63) is 48.5 Å². The molecule has 0 radical (unpaired) electrons. The summed E-state index contributed by atoms with van der Waals surface area (Å²) in [6.07, 6.45) is 3.65. The monoisotopic (exact) mass is 412 g/mol. The van der Waals surface area contributed by atoms with E-state index in [0.717, 1.165) is 17.7 Å². The van der Waals surface area contributed by atoms with E-state index in [9.17, 15) is 16.8 Å². The lowest BCUT2D eigenvalue weighted by molar-refractivity contribution is 0.477. The first-order valence-corrected chi connectivity index (χ1v) is 12.2. The number of rotatable bonds is 6. The Bertz CT molecular complexity index is 964. The van der Waals surface area contributed by atoms with Crippen molar-refractivity contribution in [1.29, 1.82) is 0 Å². The van der Waals surface area contributed by atoms with Crippen LogP contribution >= 0.6 is 11.8 Å². The Kier molecular flexibility index (Phi) is 5.61. The summed E-state index contributed by atoms with van der Waals surface area (Å²) in [6, 6.07) is 12.4. The standard InChI is InChI=1S/C17H20N2O4S3/c1-24-15-6-4-14(5-7-15)18-25(20,21)16-8-10-17(11-9-16)26(22,23)19-12-2-3-13-19/h4-11,18H,2-3,12-13H2,1H3. The predicted molar refractivity (Wildman–Crippen MR) is 103 cm³/mol. The molecule has 1 fully saturated rings. The van der Waals surface area contributed by atoms with Gasteiger partial charge in [0, 0.05) is 23.7 Å². The van der Waals surface area contributed by atoms with Gasteiger partial charge in [-0.15, -0.1) is 11.8 Å². The van der Waals surface area contributed by atoms with E-state index in [-0.39, 0.29) is 9.79 Å². The summed E-state index contributed by atoms with van der Waals surface area (Å²) in [6.45, 7) is 1.02. The van der Waals surface area contributed by atoms with E-state index >= 15 is 0 Å². The number of nitrogens with one attached hydrogen (secondary N) is 1. The number of thioether (sulfide) groups is 1. The quantitative estimate of drug-likeness (QED) is 0.738.